The highest BCUT2D eigenvalue weighted by molar-refractivity contribution is 7.99. The molecule has 0 amide bonds. The van der Waals surface area contributed by atoms with Gasteiger partial charge in [0.15, 0.2) is 0 Å². The van der Waals surface area contributed by atoms with Gasteiger partial charge in [0.05, 0.1) is 12.3 Å². The Kier molecular flexibility index (Phi) is 7.00. The maximum absolute atomic E-state index is 2.80. The van der Waals surface area contributed by atoms with E-state index < -0.39 is 0 Å². The fourth-order valence-electron chi connectivity index (χ4n) is 4.44. The molecule has 0 spiro atoms. The van der Waals surface area contributed by atoms with Crippen LogP contribution in [-0.2, 0) is 0 Å². The minimum atomic E-state index is 0.639. The summed E-state index contributed by atoms with van der Waals surface area (Å²) in [6, 6.07) is 0. The van der Waals surface area contributed by atoms with E-state index in [1.54, 1.807) is 0 Å². The zero-order chi connectivity index (χ0) is 16.2. The van der Waals surface area contributed by atoms with Gasteiger partial charge in [-0.15, -0.1) is 0 Å². The van der Waals surface area contributed by atoms with Crippen LogP contribution in [0.5, 0.6) is 0 Å². The molecule has 0 aromatic heterocycles. The molecular weight excluding hydrogens is 356 g/mol. The number of likely N-dealkylation sites (tertiary alicyclic amines) is 1. The average Bonchev–Trinajstić information content (AvgIpc) is 2.69. The van der Waals surface area contributed by atoms with Crippen molar-refractivity contribution in [1.29, 1.82) is 0 Å². The first-order valence-corrected chi connectivity index (χ1v) is 13.1. The smallest absolute Gasteiger partial charge is 0.0853 e. The van der Waals surface area contributed by atoms with Crippen molar-refractivity contribution < 1.29 is 0 Å². The highest BCUT2D eigenvalue weighted by atomic mass is 32.2. The summed E-state index contributed by atoms with van der Waals surface area (Å²) in [6.45, 7) is 7.68. The molecule has 0 bridgehead atoms. The Morgan fingerprint density at radius 1 is 0.500 bits per heavy atom. The standard InChI is InChI=1S/C17H32N4S3/c1-2-4-18(5-3-1)16-14-23-12-8-20(16)21-9-13-24-15-17(21)19-6-10-22-11-7-19/h16-17H,1-15H2. The van der Waals surface area contributed by atoms with E-state index >= 15 is 0 Å². The number of hydrogen-bond donors (Lipinski definition) is 0. The zero-order valence-electron chi connectivity index (χ0n) is 14.8. The number of piperidine rings is 1. The quantitative estimate of drug-likeness (QED) is 0.725. The molecule has 0 saturated carbocycles. The lowest BCUT2D eigenvalue weighted by Gasteiger charge is -2.54. The van der Waals surface area contributed by atoms with Crippen LogP contribution in [0.1, 0.15) is 19.3 Å². The van der Waals surface area contributed by atoms with Gasteiger partial charge in [-0.05, 0) is 25.9 Å². The number of hydrogen-bond acceptors (Lipinski definition) is 7. The molecule has 2 unspecified atom stereocenters. The molecule has 0 aromatic rings. The summed E-state index contributed by atoms with van der Waals surface area (Å²) in [5.74, 6) is 7.83. The van der Waals surface area contributed by atoms with E-state index in [4.69, 9.17) is 0 Å². The molecule has 24 heavy (non-hydrogen) atoms. The van der Waals surface area contributed by atoms with Crippen LogP contribution in [0.2, 0.25) is 0 Å². The first-order valence-electron chi connectivity index (χ1n) is 9.68. The minimum absolute atomic E-state index is 0.639. The maximum Gasteiger partial charge on any atom is 0.0853 e. The third-order valence-electron chi connectivity index (χ3n) is 5.76. The summed E-state index contributed by atoms with van der Waals surface area (Å²) >= 11 is 6.47. The summed E-state index contributed by atoms with van der Waals surface area (Å²) in [7, 11) is 0. The summed E-state index contributed by atoms with van der Waals surface area (Å²) in [6.07, 6.45) is 5.52. The maximum atomic E-state index is 2.80. The van der Waals surface area contributed by atoms with Crippen molar-refractivity contribution in [3.63, 3.8) is 0 Å². The van der Waals surface area contributed by atoms with E-state index in [2.05, 4.69) is 55.1 Å². The van der Waals surface area contributed by atoms with Gasteiger partial charge < -0.3 is 0 Å². The SMILES string of the molecule is C1CCN(C2CSCCN2N2CCSCC2N2CCSCC2)CC1. The molecule has 4 aliphatic rings. The molecule has 4 fully saturated rings. The van der Waals surface area contributed by atoms with Gasteiger partial charge >= 0.3 is 0 Å². The zero-order valence-corrected chi connectivity index (χ0v) is 17.2. The first kappa shape index (κ1) is 18.3. The van der Waals surface area contributed by atoms with Crippen molar-refractivity contribution in [2.24, 2.45) is 0 Å². The molecule has 0 aromatic carbocycles. The predicted octanol–water partition coefficient (Wildman–Crippen LogP) is 2.19. The molecule has 4 heterocycles. The molecule has 0 aliphatic carbocycles. The number of rotatable bonds is 3. The van der Waals surface area contributed by atoms with Crippen molar-refractivity contribution in [3.05, 3.63) is 0 Å². The second-order valence-electron chi connectivity index (χ2n) is 7.18. The normalized spacial score (nSPS) is 36.0. The monoisotopic (exact) mass is 388 g/mol. The highest BCUT2D eigenvalue weighted by Crippen LogP contribution is 2.30. The van der Waals surface area contributed by atoms with Crippen LogP contribution in [-0.4, -0.2) is 106 Å². The molecule has 4 aliphatic heterocycles. The van der Waals surface area contributed by atoms with Gasteiger partial charge in [0, 0.05) is 60.7 Å². The number of nitrogens with zero attached hydrogens (tertiary/aromatic N) is 4. The molecule has 2 atom stereocenters. The lowest BCUT2D eigenvalue weighted by Crippen LogP contribution is -2.67. The van der Waals surface area contributed by atoms with Crippen LogP contribution in [0.3, 0.4) is 0 Å². The Labute approximate surface area is 160 Å². The van der Waals surface area contributed by atoms with Crippen molar-refractivity contribution in [2.75, 3.05) is 73.8 Å². The van der Waals surface area contributed by atoms with Gasteiger partial charge in [-0.3, -0.25) is 9.80 Å². The third-order valence-corrected chi connectivity index (χ3v) is 8.71. The van der Waals surface area contributed by atoms with E-state index in [0.29, 0.717) is 12.3 Å². The fourth-order valence-corrected chi connectivity index (χ4v) is 7.53. The van der Waals surface area contributed by atoms with E-state index in [9.17, 15) is 0 Å². The minimum Gasteiger partial charge on any atom is -0.286 e. The Hall–Kier alpha value is 0.890. The summed E-state index contributed by atoms with van der Waals surface area (Å²) in [5, 5.41) is 5.60. The number of hydrazine groups is 1. The van der Waals surface area contributed by atoms with Crippen molar-refractivity contribution in [2.45, 2.75) is 31.6 Å². The van der Waals surface area contributed by atoms with Crippen molar-refractivity contribution in [1.82, 2.24) is 19.8 Å². The summed E-state index contributed by atoms with van der Waals surface area (Å²) < 4.78 is 0. The second kappa shape index (κ2) is 9.20. The fraction of sp³-hybridized carbons (Fsp3) is 1.00. The van der Waals surface area contributed by atoms with Gasteiger partial charge in [0.1, 0.15) is 0 Å². The Morgan fingerprint density at radius 3 is 1.58 bits per heavy atom. The topological polar surface area (TPSA) is 13.0 Å². The molecule has 7 heteroatoms. The lowest BCUT2D eigenvalue weighted by atomic mass is 10.1. The van der Waals surface area contributed by atoms with Gasteiger partial charge in [-0.25, -0.2) is 10.0 Å². The highest BCUT2D eigenvalue weighted by Gasteiger charge is 2.39. The van der Waals surface area contributed by atoms with Crippen molar-refractivity contribution in [3.8, 4) is 0 Å². The lowest BCUT2D eigenvalue weighted by molar-refractivity contribution is -0.155. The van der Waals surface area contributed by atoms with E-state index in [1.165, 1.54) is 93.0 Å². The van der Waals surface area contributed by atoms with Crippen molar-refractivity contribution >= 4 is 35.3 Å². The Morgan fingerprint density at radius 2 is 1.00 bits per heavy atom. The van der Waals surface area contributed by atoms with Crippen LogP contribution in [0.15, 0.2) is 0 Å². The van der Waals surface area contributed by atoms with Crippen LogP contribution in [0.4, 0.5) is 0 Å². The molecular formula is C17H32N4S3. The third kappa shape index (κ3) is 4.24. The van der Waals surface area contributed by atoms with Crippen LogP contribution < -0.4 is 0 Å². The summed E-state index contributed by atoms with van der Waals surface area (Å²) in [5.41, 5.74) is 0. The molecule has 0 radical (unpaired) electrons. The predicted molar refractivity (Wildman–Crippen MR) is 110 cm³/mol. The number of thioether (sulfide) groups is 3. The van der Waals surface area contributed by atoms with Gasteiger partial charge in [-0.2, -0.15) is 35.3 Å². The molecule has 4 saturated heterocycles. The Balaban J connectivity index is 1.48. The van der Waals surface area contributed by atoms with Crippen LogP contribution >= 0.6 is 35.3 Å². The largest absolute Gasteiger partial charge is 0.286 e. The molecule has 0 N–H and O–H groups in total. The second-order valence-corrected chi connectivity index (χ2v) is 10.7. The van der Waals surface area contributed by atoms with Gasteiger partial charge in [-0.1, -0.05) is 6.42 Å². The first-order chi connectivity index (χ1) is 11.9. The summed E-state index contributed by atoms with van der Waals surface area (Å²) in [4.78, 5) is 5.57. The van der Waals surface area contributed by atoms with E-state index in [-0.39, 0.29) is 0 Å². The van der Waals surface area contributed by atoms with Crippen LogP contribution in [0.25, 0.3) is 0 Å². The molecule has 4 rings (SSSR count). The molecule has 138 valence electrons. The average molecular weight is 389 g/mol. The Bertz CT molecular complexity index is 352. The van der Waals surface area contributed by atoms with Gasteiger partial charge in [0.2, 0.25) is 0 Å². The van der Waals surface area contributed by atoms with E-state index in [1.807, 2.05) is 0 Å². The van der Waals surface area contributed by atoms with Gasteiger partial charge in [0.25, 0.3) is 0 Å². The van der Waals surface area contributed by atoms with Crippen LogP contribution in [0, 0.1) is 0 Å². The molecule has 4 nitrogen and oxygen atoms in total. The van der Waals surface area contributed by atoms with E-state index in [0.717, 1.165) is 0 Å².